The Morgan fingerprint density at radius 2 is 2.38 bits per heavy atom. The highest BCUT2D eigenvalue weighted by Gasteiger charge is 2.22. The van der Waals surface area contributed by atoms with Gasteiger partial charge in [0.05, 0.1) is 0 Å². The second-order valence-corrected chi connectivity index (χ2v) is 3.49. The van der Waals surface area contributed by atoms with E-state index in [1.54, 1.807) is 0 Å². The van der Waals surface area contributed by atoms with Crippen LogP contribution < -0.4 is 5.73 Å². The van der Waals surface area contributed by atoms with E-state index in [1.165, 1.54) is 11.1 Å². The van der Waals surface area contributed by atoms with Crippen molar-refractivity contribution in [1.82, 2.24) is 4.57 Å². The topological polar surface area (TPSA) is 48.0 Å². The van der Waals surface area contributed by atoms with Crippen LogP contribution in [0.5, 0.6) is 0 Å². The molecular formula is C10H14N2O. The van der Waals surface area contributed by atoms with Gasteiger partial charge in [-0.3, -0.25) is 4.79 Å². The Labute approximate surface area is 77.5 Å². The molecule has 0 saturated carbocycles. The maximum Gasteiger partial charge on any atom is 0.265 e. The number of aryl methyl sites for hydroxylation is 2. The van der Waals surface area contributed by atoms with Crippen LogP contribution >= 0.6 is 0 Å². The third kappa shape index (κ3) is 1.15. The van der Waals surface area contributed by atoms with Gasteiger partial charge in [-0.25, -0.2) is 0 Å². The van der Waals surface area contributed by atoms with E-state index in [-0.39, 0.29) is 5.91 Å². The minimum atomic E-state index is -0.287. The average molecular weight is 178 g/mol. The van der Waals surface area contributed by atoms with Crippen molar-refractivity contribution in [2.75, 3.05) is 0 Å². The zero-order valence-electron chi connectivity index (χ0n) is 7.84. The molecule has 3 nitrogen and oxygen atoms in total. The van der Waals surface area contributed by atoms with Crippen LogP contribution in [0.1, 0.15) is 35.0 Å². The highest BCUT2D eigenvalue weighted by molar-refractivity contribution is 5.93. The molecule has 0 unspecified atom stereocenters. The lowest BCUT2D eigenvalue weighted by Crippen LogP contribution is -2.18. The Balaban J connectivity index is 2.55. The number of hydrogen-bond donors (Lipinski definition) is 1. The highest BCUT2D eigenvalue weighted by Crippen LogP contribution is 2.26. The summed E-state index contributed by atoms with van der Waals surface area (Å²) < 4.78 is 1.96. The van der Waals surface area contributed by atoms with Gasteiger partial charge in [-0.05, 0) is 37.3 Å². The Hall–Kier alpha value is -1.25. The molecule has 0 fully saturated rings. The molecular weight excluding hydrogens is 164 g/mol. The number of fused-ring (bicyclic) bond motifs is 1. The van der Waals surface area contributed by atoms with E-state index in [0.29, 0.717) is 0 Å². The Kier molecular flexibility index (Phi) is 1.87. The van der Waals surface area contributed by atoms with Crippen LogP contribution in [0.3, 0.4) is 0 Å². The first-order valence-electron chi connectivity index (χ1n) is 4.74. The van der Waals surface area contributed by atoms with Gasteiger partial charge < -0.3 is 10.3 Å². The summed E-state index contributed by atoms with van der Waals surface area (Å²) in [6, 6.07) is 0. The first-order valence-corrected chi connectivity index (χ1v) is 4.74. The Morgan fingerprint density at radius 3 is 3.00 bits per heavy atom. The van der Waals surface area contributed by atoms with Crippen LogP contribution in [0.4, 0.5) is 0 Å². The third-order valence-electron chi connectivity index (χ3n) is 2.72. The van der Waals surface area contributed by atoms with Crippen molar-refractivity contribution in [3.8, 4) is 0 Å². The minimum Gasteiger partial charge on any atom is -0.364 e. The molecule has 13 heavy (non-hydrogen) atoms. The van der Waals surface area contributed by atoms with Crippen molar-refractivity contribution >= 4 is 5.91 Å². The fraction of sp³-hybridized carbons (Fsp3) is 0.500. The van der Waals surface area contributed by atoms with E-state index in [2.05, 4.69) is 6.20 Å². The normalized spacial score (nSPS) is 14.5. The number of nitrogens with two attached hydrogens (primary N) is 1. The quantitative estimate of drug-likeness (QED) is 0.724. The molecule has 2 rings (SSSR count). The number of nitrogens with zero attached hydrogens (tertiary/aromatic N) is 1. The minimum absolute atomic E-state index is 0.287. The number of primary amides is 1. The van der Waals surface area contributed by atoms with Crippen molar-refractivity contribution in [3.05, 3.63) is 23.0 Å². The maximum absolute atomic E-state index is 11.2. The molecule has 1 aliphatic rings. The molecule has 0 aromatic carbocycles. The number of hydrogen-bond acceptors (Lipinski definition) is 1. The van der Waals surface area contributed by atoms with Gasteiger partial charge in [-0.15, -0.1) is 0 Å². The van der Waals surface area contributed by atoms with Crippen molar-refractivity contribution in [2.45, 2.75) is 32.7 Å². The second-order valence-electron chi connectivity index (χ2n) is 3.49. The lowest BCUT2D eigenvalue weighted by molar-refractivity contribution is 0.0990. The van der Waals surface area contributed by atoms with Gasteiger partial charge in [0.2, 0.25) is 0 Å². The van der Waals surface area contributed by atoms with Gasteiger partial charge in [-0.2, -0.15) is 0 Å². The molecule has 1 aromatic heterocycles. The fourth-order valence-corrected chi connectivity index (χ4v) is 2.15. The molecule has 1 heterocycles. The summed E-state index contributed by atoms with van der Waals surface area (Å²) in [4.78, 5) is 11.2. The molecule has 3 heteroatoms. The van der Waals surface area contributed by atoms with Gasteiger partial charge in [-0.1, -0.05) is 0 Å². The predicted molar refractivity (Wildman–Crippen MR) is 50.6 cm³/mol. The molecule has 0 saturated heterocycles. The van der Waals surface area contributed by atoms with Gasteiger partial charge in [0.15, 0.2) is 0 Å². The molecule has 2 N–H and O–H groups in total. The van der Waals surface area contributed by atoms with Crippen molar-refractivity contribution < 1.29 is 4.79 Å². The monoisotopic (exact) mass is 178 g/mol. The summed E-state index contributed by atoms with van der Waals surface area (Å²) >= 11 is 0. The SMILES string of the molecule is CCn1cc2c(c1C(N)=O)CCC2. The van der Waals surface area contributed by atoms with E-state index >= 15 is 0 Å². The van der Waals surface area contributed by atoms with E-state index in [9.17, 15) is 4.79 Å². The smallest absolute Gasteiger partial charge is 0.265 e. The number of carbonyl (C=O) groups is 1. The Bertz CT molecular complexity index is 352. The number of aromatic nitrogens is 1. The van der Waals surface area contributed by atoms with E-state index < -0.39 is 0 Å². The lowest BCUT2D eigenvalue weighted by Gasteiger charge is -2.04. The van der Waals surface area contributed by atoms with Crippen LogP contribution in [-0.4, -0.2) is 10.5 Å². The third-order valence-corrected chi connectivity index (χ3v) is 2.72. The van der Waals surface area contributed by atoms with Crippen molar-refractivity contribution in [1.29, 1.82) is 0 Å². The van der Waals surface area contributed by atoms with Crippen molar-refractivity contribution in [3.63, 3.8) is 0 Å². The second kappa shape index (κ2) is 2.91. The molecule has 0 atom stereocenters. The van der Waals surface area contributed by atoms with Crippen LogP contribution in [0, 0.1) is 0 Å². The van der Waals surface area contributed by atoms with E-state index in [0.717, 1.165) is 31.5 Å². The maximum atomic E-state index is 11.2. The first-order chi connectivity index (χ1) is 6.24. The van der Waals surface area contributed by atoms with Gasteiger partial charge in [0, 0.05) is 12.7 Å². The summed E-state index contributed by atoms with van der Waals surface area (Å²) in [5, 5.41) is 0. The largest absolute Gasteiger partial charge is 0.364 e. The number of amides is 1. The van der Waals surface area contributed by atoms with Crippen LogP contribution in [-0.2, 0) is 19.4 Å². The molecule has 0 bridgehead atoms. The fourth-order valence-electron chi connectivity index (χ4n) is 2.15. The molecule has 70 valence electrons. The standard InChI is InChI=1S/C10H14N2O/c1-2-12-6-7-4-3-5-8(7)9(12)10(11)13/h6H,2-5H2,1H3,(H2,11,13). The molecule has 0 radical (unpaired) electrons. The van der Waals surface area contributed by atoms with Crippen LogP contribution in [0.15, 0.2) is 6.20 Å². The molecule has 0 aliphatic heterocycles. The van der Waals surface area contributed by atoms with E-state index in [4.69, 9.17) is 5.73 Å². The van der Waals surface area contributed by atoms with Crippen molar-refractivity contribution in [2.24, 2.45) is 5.73 Å². The number of carbonyl (C=O) groups excluding carboxylic acids is 1. The summed E-state index contributed by atoms with van der Waals surface area (Å²) in [6.07, 6.45) is 5.35. The summed E-state index contributed by atoms with van der Waals surface area (Å²) in [5.74, 6) is -0.287. The zero-order chi connectivity index (χ0) is 9.42. The summed E-state index contributed by atoms with van der Waals surface area (Å²) in [6.45, 7) is 2.85. The summed E-state index contributed by atoms with van der Waals surface area (Å²) in [5.41, 5.74) is 8.58. The van der Waals surface area contributed by atoms with E-state index in [1.807, 2.05) is 11.5 Å². The predicted octanol–water partition coefficient (Wildman–Crippen LogP) is 1.10. The summed E-state index contributed by atoms with van der Waals surface area (Å²) in [7, 11) is 0. The molecule has 1 amide bonds. The number of rotatable bonds is 2. The lowest BCUT2D eigenvalue weighted by atomic mass is 10.2. The van der Waals surface area contributed by atoms with Crippen LogP contribution in [0.25, 0.3) is 0 Å². The average Bonchev–Trinajstić information content (AvgIpc) is 2.59. The molecule has 1 aromatic rings. The van der Waals surface area contributed by atoms with Gasteiger partial charge in [0.25, 0.3) is 5.91 Å². The highest BCUT2D eigenvalue weighted by atomic mass is 16.1. The Morgan fingerprint density at radius 1 is 1.62 bits per heavy atom. The molecule has 1 aliphatic carbocycles. The first kappa shape index (κ1) is 8.35. The van der Waals surface area contributed by atoms with Gasteiger partial charge in [0.1, 0.15) is 5.69 Å². The zero-order valence-corrected chi connectivity index (χ0v) is 7.84. The molecule has 0 spiro atoms. The van der Waals surface area contributed by atoms with Gasteiger partial charge >= 0.3 is 0 Å². The van der Waals surface area contributed by atoms with Crippen LogP contribution in [0.2, 0.25) is 0 Å².